The molecule has 6 nitrogen and oxygen atoms in total. The molecule has 0 spiro atoms. The number of benzene rings is 2. The number of rotatable bonds is 11. The second-order valence-corrected chi connectivity index (χ2v) is 10.5. The van der Waals surface area contributed by atoms with Crippen molar-refractivity contribution in [2.45, 2.75) is 62.9 Å². The Hall–Kier alpha value is -1.93. The highest BCUT2D eigenvalue weighted by molar-refractivity contribution is 7.86. The molecule has 0 heterocycles. The maximum atomic E-state index is 13.0. The summed E-state index contributed by atoms with van der Waals surface area (Å²) in [4.78, 5) is 0.156. The zero-order valence-corrected chi connectivity index (χ0v) is 20.9. The number of ether oxygens (including phenoxy) is 3. The molecule has 0 saturated heterocycles. The minimum Gasteiger partial charge on any atom is -0.497 e. The lowest BCUT2D eigenvalue weighted by atomic mass is 9.70. The fourth-order valence-corrected chi connectivity index (χ4v) is 5.33. The van der Waals surface area contributed by atoms with Crippen LogP contribution >= 0.6 is 0 Å². The fourth-order valence-electron chi connectivity index (χ4n) is 4.41. The second-order valence-electron chi connectivity index (χ2n) is 8.88. The number of hydrogen-bond donors (Lipinski definition) is 0. The van der Waals surface area contributed by atoms with E-state index in [0.717, 1.165) is 42.6 Å². The van der Waals surface area contributed by atoms with Crippen molar-refractivity contribution in [1.29, 1.82) is 0 Å². The third-order valence-electron chi connectivity index (χ3n) is 6.61. The average molecular weight is 477 g/mol. The van der Waals surface area contributed by atoms with Gasteiger partial charge in [0, 0.05) is 12.5 Å². The molecule has 2 aromatic carbocycles. The maximum Gasteiger partial charge on any atom is 0.296 e. The Morgan fingerprint density at radius 3 is 2.24 bits per heavy atom. The first-order chi connectivity index (χ1) is 15.8. The number of methoxy groups -OCH3 is 1. The summed E-state index contributed by atoms with van der Waals surface area (Å²) in [6, 6.07) is 14.4. The van der Waals surface area contributed by atoms with Crippen LogP contribution in [0.3, 0.4) is 0 Å². The van der Waals surface area contributed by atoms with Crippen molar-refractivity contribution in [2.75, 3.05) is 27.1 Å². The van der Waals surface area contributed by atoms with E-state index < -0.39 is 15.7 Å². The smallest absolute Gasteiger partial charge is 0.296 e. The van der Waals surface area contributed by atoms with Crippen molar-refractivity contribution >= 4 is 10.1 Å². The predicted molar refractivity (Wildman–Crippen MR) is 128 cm³/mol. The molecule has 1 aliphatic rings. The van der Waals surface area contributed by atoms with Crippen molar-refractivity contribution in [2.24, 2.45) is 5.92 Å². The van der Waals surface area contributed by atoms with Gasteiger partial charge >= 0.3 is 0 Å². The highest BCUT2D eigenvalue weighted by atomic mass is 32.2. The normalized spacial score (nSPS) is 22.1. The predicted octanol–water partition coefficient (Wildman–Crippen LogP) is 5.45. The van der Waals surface area contributed by atoms with E-state index in [1.165, 1.54) is 0 Å². The van der Waals surface area contributed by atoms with Crippen LogP contribution in [0.15, 0.2) is 53.4 Å². The topological polar surface area (TPSA) is 71.1 Å². The average Bonchev–Trinajstić information content (AvgIpc) is 2.82. The Morgan fingerprint density at radius 1 is 1.03 bits per heavy atom. The zero-order valence-electron chi connectivity index (χ0n) is 20.1. The van der Waals surface area contributed by atoms with E-state index >= 15 is 0 Å². The largest absolute Gasteiger partial charge is 0.497 e. The van der Waals surface area contributed by atoms with Crippen molar-refractivity contribution in [3.8, 4) is 5.75 Å². The third-order valence-corrected chi connectivity index (χ3v) is 7.90. The van der Waals surface area contributed by atoms with E-state index in [9.17, 15) is 8.42 Å². The van der Waals surface area contributed by atoms with Crippen LogP contribution in [0.25, 0.3) is 0 Å². The molecule has 2 aromatic rings. The first kappa shape index (κ1) is 25.7. The number of hydrogen-bond acceptors (Lipinski definition) is 6. The molecular weight excluding hydrogens is 440 g/mol. The summed E-state index contributed by atoms with van der Waals surface area (Å²) in [5.41, 5.74) is 1.38. The van der Waals surface area contributed by atoms with Gasteiger partial charge in [0.25, 0.3) is 10.1 Å². The summed E-state index contributed by atoms with van der Waals surface area (Å²) in [6.45, 7) is 6.80. The summed E-state index contributed by atoms with van der Waals surface area (Å²) in [7, 11) is -2.28. The molecule has 0 amide bonds. The summed E-state index contributed by atoms with van der Waals surface area (Å²) in [5.74, 6) is 1.06. The van der Waals surface area contributed by atoms with Gasteiger partial charge in [-0.1, -0.05) is 36.8 Å². The van der Waals surface area contributed by atoms with Crippen LogP contribution in [0, 0.1) is 12.8 Å². The van der Waals surface area contributed by atoms with Crippen LogP contribution in [0.1, 0.15) is 56.6 Å². The van der Waals surface area contributed by atoms with Gasteiger partial charge in [-0.2, -0.15) is 8.42 Å². The minimum absolute atomic E-state index is 0.0109. The number of aryl methyl sites for hydroxylation is 1. The Morgan fingerprint density at radius 2 is 1.67 bits per heavy atom. The molecule has 1 atom stereocenters. The van der Waals surface area contributed by atoms with Crippen molar-refractivity contribution in [1.82, 2.24) is 0 Å². The van der Waals surface area contributed by atoms with Crippen LogP contribution in [0.4, 0.5) is 0 Å². The third kappa shape index (κ3) is 6.57. The van der Waals surface area contributed by atoms with Gasteiger partial charge < -0.3 is 14.2 Å². The van der Waals surface area contributed by atoms with Gasteiger partial charge in [-0.25, -0.2) is 0 Å². The van der Waals surface area contributed by atoms with Crippen LogP contribution in [-0.4, -0.2) is 41.1 Å². The van der Waals surface area contributed by atoms with Gasteiger partial charge in [0.05, 0.1) is 24.2 Å². The van der Waals surface area contributed by atoms with Gasteiger partial charge in [-0.3, -0.25) is 4.18 Å². The molecule has 0 radical (unpaired) electrons. The lowest BCUT2D eigenvalue weighted by Crippen LogP contribution is -2.45. The van der Waals surface area contributed by atoms with E-state index in [2.05, 4.69) is 6.92 Å². The monoisotopic (exact) mass is 476 g/mol. The molecule has 33 heavy (non-hydrogen) atoms. The molecule has 0 bridgehead atoms. The highest BCUT2D eigenvalue weighted by Crippen LogP contribution is 2.45. The van der Waals surface area contributed by atoms with E-state index in [0.29, 0.717) is 12.5 Å². The SMILES string of the molecule is CCOCOC1([C@@H](COS(=O)(=O)c2ccc(C)cc2)c2ccc(OC)cc2)CCC(C)CC1. The molecule has 1 saturated carbocycles. The first-order valence-corrected chi connectivity index (χ1v) is 13.0. The molecule has 1 aliphatic carbocycles. The van der Waals surface area contributed by atoms with Crippen molar-refractivity contribution < 1.29 is 26.8 Å². The van der Waals surface area contributed by atoms with Gasteiger partial charge in [0.1, 0.15) is 12.5 Å². The standard InChI is InChI=1S/C26H36O6S/c1-5-30-19-31-26(16-14-21(3)15-17-26)25(22-8-10-23(29-4)11-9-22)18-32-33(27,28)24-12-6-20(2)7-13-24/h6-13,21,25H,5,14-19H2,1-4H3/t21?,25-,26?/m0/s1. The van der Waals surface area contributed by atoms with Gasteiger partial charge in [0.2, 0.25) is 0 Å². The van der Waals surface area contributed by atoms with Crippen molar-refractivity contribution in [3.63, 3.8) is 0 Å². The van der Waals surface area contributed by atoms with Crippen molar-refractivity contribution in [3.05, 3.63) is 59.7 Å². The van der Waals surface area contributed by atoms with E-state index in [1.54, 1.807) is 31.4 Å². The quantitative estimate of drug-likeness (QED) is 0.244. The molecule has 0 unspecified atom stereocenters. The zero-order chi connectivity index (χ0) is 23.9. The second kappa shape index (κ2) is 11.5. The molecular formula is C26H36O6S. The van der Waals surface area contributed by atoms with Gasteiger partial charge in [-0.15, -0.1) is 0 Å². The van der Waals surface area contributed by atoms with Crippen LogP contribution in [-0.2, 0) is 23.8 Å². The summed E-state index contributed by atoms with van der Waals surface area (Å²) in [5, 5.41) is 0. The molecule has 1 fully saturated rings. The first-order valence-electron chi connectivity index (χ1n) is 11.6. The van der Waals surface area contributed by atoms with Crippen LogP contribution in [0.5, 0.6) is 5.75 Å². The Bertz CT molecular complexity index is 961. The lowest BCUT2D eigenvalue weighted by Gasteiger charge is -2.44. The van der Waals surface area contributed by atoms with E-state index in [-0.39, 0.29) is 24.2 Å². The highest BCUT2D eigenvalue weighted by Gasteiger charge is 2.44. The summed E-state index contributed by atoms with van der Waals surface area (Å²) >= 11 is 0. The molecule has 0 N–H and O–H groups in total. The van der Waals surface area contributed by atoms with E-state index in [1.807, 2.05) is 38.1 Å². The molecule has 0 aromatic heterocycles. The minimum atomic E-state index is -3.91. The summed E-state index contributed by atoms with van der Waals surface area (Å²) in [6.07, 6.45) is 3.63. The molecule has 3 rings (SSSR count). The molecule has 0 aliphatic heterocycles. The lowest BCUT2D eigenvalue weighted by molar-refractivity contribution is -0.171. The van der Waals surface area contributed by atoms with Gasteiger partial charge in [0.15, 0.2) is 0 Å². The fraction of sp³-hybridized carbons (Fsp3) is 0.538. The molecule has 7 heteroatoms. The molecule has 182 valence electrons. The van der Waals surface area contributed by atoms with E-state index in [4.69, 9.17) is 18.4 Å². The Labute approximate surface area is 198 Å². The van der Waals surface area contributed by atoms with Crippen LogP contribution in [0.2, 0.25) is 0 Å². The summed E-state index contributed by atoms with van der Waals surface area (Å²) < 4.78 is 48.8. The Kier molecular flexibility index (Phi) is 8.93. The Balaban J connectivity index is 1.92. The van der Waals surface area contributed by atoms with Crippen LogP contribution < -0.4 is 4.74 Å². The van der Waals surface area contributed by atoms with Gasteiger partial charge in [-0.05, 0) is 75.3 Å². The maximum absolute atomic E-state index is 13.0.